The van der Waals surface area contributed by atoms with Gasteiger partial charge in [-0.05, 0) is 66.7 Å². The van der Waals surface area contributed by atoms with Gasteiger partial charge in [0.25, 0.3) is 5.91 Å². The normalized spacial score (nSPS) is 10.3. The fraction of sp³-hybridized carbons (Fsp3) is 0. The summed E-state index contributed by atoms with van der Waals surface area (Å²) in [5.74, 6) is -0.587. The van der Waals surface area contributed by atoms with Gasteiger partial charge in [-0.1, -0.05) is 24.3 Å². The quantitative estimate of drug-likeness (QED) is 0.485. The van der Waals surface area contributed by atoms with E-state index in [9.17, 15) is 9.18 Å². The van der Waals surface area contributed by atoms with Crippen molar-refractivity contribution in [1.29, 1.82) is 5.26 Å². The van der Waals surface area contributed by atoms with Crippen molar-refractivity contribution in [3.63, 3.8) is 0 Å². The van der Waals surface area contributed by atoms with E-state index < -0.39 is 0 Å². The molecule has 0 atom stereocenters. The molecule has 5 heteroatoms. The third-order valence-corrected chi connectivity index (χ3v) is 4.56. The second kappa shape index (κ2) is 8.38. The number of carbonyl (C=O) groups is 1. The van der Waals surface area contributed by atoms with Crippen molar-refractivity contribution in [1.82, 2.24) is 4.98 Å². The molecule has 0 saturated carbocycles. The molecule has 0 unspecified atom stereocenters. The highest BCUT2D eigenvalue weighted by Crippen LogP contribution is 2.25. The van der Waals surface area contributed by atoms with Gasteiger partial charge in [0.05, 0.1) is 23.0 Å². The molecule has 0 saturated heterocycles. The molecule has 4 nitrogen and oxygen atoms in total. The summed E-state index contributed by atoms with van der Waals surface area (Å²) in [5.41, 5.74) is 4.58. The average Bonchev–Trinajstić information content (AvgIpc) is 2.80. The lowest BCUT2D eigenvalue weighted by Crippen LogP contribution is -2.12. The summed E-state index contributed by atoms with van der Waals surface area (Å²) in [6, 6.07) is 27.7. The molecular weight excluding hydrogens is 377 g/mol. The molecule has 0 aliphatic rings. The summed E-state index contributed by atoms with van der Waals surface area (Å²) < 4.78 is 13.2. The summed E-state index contributed by atoms with van der Waals surface area (Å²) >= 11 is 0. The minimum absolute atomic E-state index is 0.293. The van der Waals surface area contributed by atoms with Crippen molar-refractivity contribution >= 4 is 11.6 Å². The van der Waals surface area contributed by atoms with Crippen LogP contribution in [0.1, 0.15) is 15.9 Å². The van der Waals surface area contributed by atoms with E-state index in [1.807, 2.05) is 42.5 Å². The monoisotopic (exact) mass is 393 g/mol. The van der Waals surface area contributed by atoms with Gasteiger partial charge >= 0.3 is 0 Å². The van der Waals surface area contributed by atoms with E-state index in [2.05, 4.69) is 10.3 Å². The molecule has 1 aromatic heterocycles. The maximum atomic E-state index is 13.2. The van der Waals surface area contributed by atoms with Gasteiger partial charge < -0.3 is 5.32 Å². The van der Waals surface area contributed by atoms with Crippen LogP contribution in [0.5, 0.6) is 0 Å². The highest BCUT2D eigenvalue weighted by atomic mass is 19.1. The molecular formula is C25H16FN3O. The van der Waals surface area contributed by atoms with Crippen LogP contribution >= 0.6 is 0 Å². The lowest BCUT2D eigenvalue weighted by atomic mass is 10.1. The van der Waals surface area contributed by atoms with Gasteiger partial charge in [-0.15, -0.1) is 0 Å². The Balaban J connectivity index is 1.59. The van der Waals surface area contributed by atoms with E-state index in [-0.39, 0.29) is 11.7 Å². The first-order valence-electron chi connectivity index (χ1n) is 9.27. The molecule has 4 aromatic rings. The Hall–Kier alpha value is -4.30. The molecule has 0 radical (unpaired) electrons. The maximum absolute atomic E-state index is 13.2. The summed E-state index contributed by atoms with van der Waals surface area (Å²) in [7, 11) is 0. The van der Waals surface area contributed by atoms with Gasteiger partial charge in [-0.3, -0.25) is 4.79 Å². The van der Waals surface area contributed by atoms with E-state index in [1.165, 1.54) is 12.1 Å². The fourth-order valence-electron chi connectivity index (χ4n) is 3.07. The van der Waals surface area contributed by atoms with Gasteiger partial charge in [0, 0.05) is 22.4 Å². The number of hydrogen-bond acceptors (Lipinski definition) is 3. The zero-order chi connectivity index (χ0) is 20.9. The Morgan fingerprint density at radius 3 is 2.30 bits per heavy atom. The van der Waals surface area contributed by atoms with Crippen LogP contribution in [-0.2, 0) is 0 Å². The topological polar surface area (TPSA) is 65.8 Å². The van der Waals surface area contributed by atoms with Crippen LogP contribution in [0.4, 0.5) is 10.1 Å². The maximum Gasteiger partial charge on any atom is 0.255 e. The molecule has 144 valence electrons. The van der Waals surface area contributed by atoms with E-state index >= 15 is 0 Å². The molecule has 0 spiro atoms. The molecule has 30 heavy (non-hydrogen) atoms. The fourth-order valence-corrected chi connectivity index (χ4v) is 3.07. The van der Waals surface area contributed by atoms with Crippen LogP contribution in [0.15, 0.2) is 91.0 Å². The number of rotatable bonds is 4. The number of benzene rings is 3. The first-order valence-corrected chi connectivity index (χ1v) is 9.27. The number of nitrogens with one attached hydrogen (secondary N) is 1. The number of nitriles is 1. The minimum Gasteiger partial charge on any atom is -0.322 e. The number of nitrogens with zero attached hydrogens (tertiary/aromatic N) is 2. The summed E-state index contributed by atoms with van der Waals surface area (Å²) in [5, 5.41) is 11.9. The Morgan fingerprint density at radius 2 is 1.53 bits per heavy atom. The minimum atomic E-state index is -0.294. The summed E-state index contributed by atoms with van der Waals surface area (Å²) in [6.45, 7) is 0. The van der Waals surface area contributed by atoms with Crippen LogP contribution in [0, 0.1) is 17.1 Å². The molecule has 1 heterocycles. The largest absolute Gasteiger partial charge is 0.322 e. The number of carbonyl (C=O) groups excluding carboxylic acids is 1. The predicted octanol–water partition coefficient (Wildman–Crippen LogP) is 5.68. The molecule has 0 aliphatic heterocycles. The number of hydrogen-bond donors (Lipinski definition) is 1. The van der Waals surface area contributed by atoms with Gasteiger partial charge in [0.2, 0.25) is 0 Å². The van der Waals surface area contributed by atoms with Crippen LogP contribution < -0.4 is 5.32 Å². The van der Waals surface area contributed by atoms with Crippen molar-refractivity contribution in [2.45, 2.75) is 0 Å². The Bertz CT molecular complexity index is 1260. The molecule has 1 amide bonds. The van der Waals surface area contributed by atoms with E-state index in [0.29, 0.717) is 16.8 Å². The second-order valence-corrected chi connectivity index (χ2v) is 6.64. The number of amides is 1. The number of halogens is 1. The highest BCUT2D eigenvalue weighted by molar-refractivity contribution is 6.04. The molecule has 1 N–H and O–H groups in total. The van der Waals surface area contributed by atoms with Crippen LogP contribution in [-0.4, -0.2) is 10.9 Å². The van der Waals surface area contributed by atoms with Crippen molar-refractivity contribution in [3.05, 3.63) is 108 Å². The molecule has 0 aliphatic carbocycles. The smallest absolute Gasteiger partial charge is 0.255 e. The second-order valence-electron chi connectivity index (χ2n) is 6.64. The van der Waals surface area contributed by atoms with Crippen molar-refractivity contribution in [2.75, 3.05) is 5.32 Å². The van der Waals surface area contributed by atoms with Crippen LogP contribution in [0.2, 0.25) is 0 Å². The Morgan fingerprint density at radius 1 is 0.833 bits per heavy atom. The Labute approximate surface area is 173 Å². The SMILES string of the molecule is N#Cc1cccc(C(=O)Nc2cccc(-c3cccc(-c4ccc(F)cc4)n3)c2)c1. The van der Waals surface area contributed by atoms with Crippen molar-refractivity contribution in [3.8, 4) is 28.6 Å². The summed E-state index contributed by atoms with van der Waals surface area (Å²) in [4.78, 5) is 17.2. The number of aromatic nitrogens is 1. The third kappa shape index (κ3) is 4.23. The standard InChI is InChI=1S/C25H16FN3O/c26-21-12-10-18(11-13-21)23-8-3-9-24(29-23)19-5-2-7-22(15-19)28-25(30)20-6-1-4-17(14-20)16-27/h1-15H,(H,28,30). The molecule has 4 rings (SSSR count). The molecule has 3 aromatic carbocycles. The predicted molar refractivity (Wildman–Crippen MR) is 114 cm³/mol. The first kappa shape index (κ1) is 19.0. The molecule has 0 bridgehead atoms. The third-order valence-electron chi connectivity index (χ3n) is 4.56. The zero-order valence-corrected chi connectivity index (χ0v) is 15.8. The van der Waals surface area contributed by atoms with Crippen molar-refractivity contribution in [2.24, 2.45) is 0 Å². The summed E-state index contributed by atoms with van der Waals surface area (Å²) in [6.07, 6.45) is 0. The zero-order valence-electron chi connectivity index (χ0n) is 15.8. The average molecular weight is 393 g/mol. The lowest BCUT2D eigenvalue weighted by Gasteiger charge is -2.09. The van der Waals surface area contributed by atoms with Gasteiger partial charge in [-0.2, -0.15) is 5.26 Å². The Kier molecular flexibility index (Phi) is 5.31. The lowest BCUT2D eigenvalue weighted by molar-refractivity contribution is 0.102. The van der Waals surface area contributed by atoms with Crippen LogP contribution in [0.3, 0.4) is 0 Å². The van der Waals surface area contributed by atoms with Gasteiger partial charge in [0.15, 0.2) is 0 Å². The number of anilines is 1. The van der Waals surface area contributed by atoms with Crippen LogP contribution in [0.25, 0.3) is 22.5 Å². The molecule has 0 fully saturated rings. The van der Waals surface area contributed by atoms with Crippen molar-refractivity contribution < 1.29 is 9.18 Å². The highest BCUT2D eigenvalue weighted by Gasteiger charge is 2.09. The van der Waals surface area contributed by atoms with E-state index in [4.69, 9.17) is 5.26 Å². The first-order chi connectivity index (χ1) is 14.6. The van der Waals surface area contributed by atoms with Gasteiger partial charge in [0.1, 0.15) is 5.82 Å². The van der Waals surface area contributed by atoms with Gasteiger partial charge in [-0.25, -0.2) is 9.37 Å². The van der Waals surface area contributed by atoms with E-state index in [0.717, 1.165) is 22.5 Å². The number of pyridine rings is 1. The van der Waals surface area contributed by atoms with E-state index in [1.54, 1.807) is 42.5 Å².